The van der Waals surface area contributed by atoms with Crippen LogP contribution in [0.25, 0.3) is 11.2 Å². The zero-order valence-electron chi connectivity index (χ0n) is 9.97. The minimum absolute atomic E-state index is 0.0853. The van der Waals surface area contributed by atoms with Gasteiger partial charge in [-0.1, -0.05) is 5.92 Å². The van der Waals surface area contributed by atoms with Gasteiger partial charge in [0.25, 0.3) is 5.56 Å². The SMILES string of the molecule is C#CCn1c(=O)c2c(nc(C#C)n2C)n(C)c1=O. The predicted octanol–water partition coefficient (Wildman–Crippen LogP) is -0.952. The van der Waals surface area contributed by atoms with E-state index in [4.69, 9.17) is 12.8 Å². The molecule has 0 aliphatic carbocycles. The van der Waals surface area contributed by atoms with Crippen LogP contribution in [0, 0.1) is 24.7 Å². The van der Waals surface area contributed by atoms with Crippen LogP contribution in [0.1, 0.15) is 5.82 Å². The second kappa shape index (κ2) is 3.94. The highest BCUT2D eigenvalue weighted by Crippen LogP contribution is 2.07. The number of fused-ring (bicyclic) bond motifs is 1. The van der Waals surface area contributed by atoms with Gasteiger partial charge in [-0.05, 0) is 5.92 Å². The first-order valence-electron chi connectivity index (χ1n) is 5.09. The van der Waals surface area contributed by atoms with Crippen LogP contribution >= 0.6 is 0 Å². The molecule has 90 valence electrons. The van der Waals surface area contributed by atoms with E-state index < -0.39 is 11.2 Å². The standard InChI is InChI=1S/C12H10N4O2/c1-5-7-16-11(17)9-10(15(4)12(16)18)13-8(6-2)14(9)3/h1-2H,7H2,3-4H3. The molecule has 0 spiro atoms. The molecule has 0 atom stereocenters. The molecule has 0 unspecified atom stereocenters. The van der Waals surface area contributed by atoms with E-state index in [0.717, 1.165) is 4.57 Å². The van der Waals surface area contributed by atoms with Gasteiger partial charge in [-0.3, -0.25) is 9.36 Å². The Morgan fingerprint density at radius 2 is 1.89 bits per heavy atom. The van der Waals surface area contributed by atoms with Gasteiger partial charge in [-0.25, -0.2) is 14.3 Å². The molecule has 2 rings (SSSR count). The molecule has 2 aromatic rings. The van der Waals surface area contributed by atoms with Crippen molar-refractivity contribution in [2.75, 3.05) is 0 Å². The average Bonchev–Trinajstić information content (AvgIpc) is 2.69. The molecule has 2 heterocycles. The van der Waals surface area contributed by atoms with E-state index in [2.05, 4.69) is 16.8 Å². The van der Waals surface area contributed by atoms with Crippen molar-refractivity contribution in [3.05, 3.63) is 26.7 Å². The second-order valence-electron chi connectivity index (χ2n) is 3.75. The monoisotopic (exact) mass is 242 g/mol. The Morgan fingerprint density at radius 3 is 2.44 bits per heavy atom. The van der Waals surface area contributed by atoms with Gasteiger partial charge in [0.1, 0.15) is 0 Å². The minimum Gasteiger partial charge on any atom is -0.315 e. The first-order chi connectivity index (χ1) is 8.52. The third kappa shape index (κ3) is 1.36. The highest BCUT2D eigenvalue weighted by molar-refractivity contribution is 5.71. The third-order valence-corrected chi connectivity index (χ3v) is 2.74. The largest absolute Gasteiger partial charge is 0.333 e. The van der Waals surface area contributed by atoms with E-state index in [0.29, 0.717) is 0 Å². The van der Waals surface area contributed by atoms with Crippen molar-refractivity contribution in [1.82, 2.24) is 18.7 Å². The van der Waals surface area contributed by atoms with E-state index in [1.54, 1.807) is 7.05 Å². The Balaban J connectivity index is 3.09. The van der Waals surface area contributed by atoms with Gasteiger partial charge in [0.15, 0.2) is 17.0 Å². The second-order valence-corrected chi connectivity index (χ2v) is 3.75. The number of aryl methyl sites for hydroxylation is 2. The molecule has 0 saturated carbocycles. The normalized spacial score (nSPS) is 10.2. The smallest absolute Gasteiger partial charge is 0.315 e. The Morgan fingerprint density at radius 1 is 1.22 bits per heavy atom. The number of aromatic nitrogens is 4. The summed E-state index contributed by atoms with van der Waals surface area (Å²) in [6, 6.07) is 0. The van der Waals surface area contributed by atoms with Crippen molar-refractivity contribution in [1.29, 1.82) is 0 Å². The molecular formula is C12H10N4O2. The lowest BCUT2D eigenvalue weighted by Gasteiger charge is -2.05. The quantitative estimate of drug-likeness (QED) is 0.606. The lowest BCUT2D eigenvalue weighted by molar-refractivity contribution is 0.674. The van der Waals surface area contributed by atoms with Crippen LogP contribution in [-0.4, -0.2) is 18.7 Å². The maximum Gasteiger partial charge on any atom is 0.333 e. The number of rotatable bonds is 1. The van der Waals surface area contributed by atoms with Crippen LogP contribution in [0.4, 0.5) is 0 Å². The molecule has 0 fully saturated rings. The Bertz CT molecular complexity index is 837. The van der Waals surface area contributed by atoms with Gasteiger partial charge < -0.3 is 4.57 Å². The molecule has 2 aromatic heterocycles. The molecule has 6 nitrogen and oxygen atoms in total. The molecule has 0 N–H and O–H groups in total. The maximum absolute atomic E-state index is 12.2. The summed E-state index contributed by atoms with van der Waals surface area (Å²) in [5.41, 5.74) is -0.469. The molecule has 6 heteroatoms. The fourth-order valence-electron chi connectivity index (χ4n) is 1.80. The van der Waals surface area contributed by atoms with Crippen molar-refractivity contribution in [2.45, 2.75) is 6.54 Å². The van der Waals surface area contributed by atoms with Gasteiger partial charge in [0.05, 0.1) is 6.54 Å². The maximum atomic E-state index is 12.2. The van der Waals surface area contributed by atoms with Crippen LogP contribution in [0.15, 0.2) is 9.59 Å². The zero-order chi connectivity index (χ0) is 13.4. The van der Waals surface area contributed by atoms with Crippen molar-refractivity contribution >= 4 is 11.2 Å². The minimum atomic E-state index is -0.507. The summed E-state index contributed by atoms with van der Waals surface area (Å²) in [5.74, 6) is 4.92. The molecule has 0 aliphatic heterocycles. The van der Waals surface area contributed by atoms with Gasteiger partial charge >= 0.3 is 5.69 Å². The summed E-state index contributed by atoms with van der Waals surface area (Å²) >= 11 is 0. The summed E-state index contributed by atoms with van der Waals surface area (Å²) in [5, 5.41) is 0. The summed E-state index contributed by atoms with van der Waals surface area (Å²) in [6.45, 7) is -0.0853. The van der Waals surface area contributed by atoms with Crippen molar-refractivity contribution < 1.29 is 0 Å². The van der Waals surface area contributed by atoms with Crippen molar-refractivity contribution in [2.24, 2.45) is 14.1 Å². The molecule has 0 aliphatic rings. The molecule has 0 saturated heterocycles. The number of hydrogen-bond acceptors (Lipinski definition) is 3. The van der Waals surface area contributed by atoms with E-state index in [1.165, 1.54) is 16.2 Å². The molecule has 0 aromatic carbocycles. The highest BCUT2D eigenvalue weighted by Gasteiger charge is 2.16. The van der Waals surface area contributed by atoms with E-state index >= 15 is 0 Å². The van der Waals surface area contributed by atoms with Gasteiger partial charge in [-0.15, -0.1) is 12.8 Å². The van der Waals surface area contributed by atoms with E-state index in [-0.39, 0.29) is 23.5 Å². The van der Waals surface area contributed by atoms with Crippen molar-refractivity contribution in [3.63, 3.8) is 0 Å². The van der Waals surface area contributed by atoms with Crippen LogP contribution in [0.2, 0.25) is 0 Å². The average molecular weight is 242 g/mol. The molecule has 18 heavy (non-hydrogen) atoms. The van der Waals surface area contributed by atoms with Crippen molar-refractivity contribution in [3.8, 4) is 24.7 Å². The highest BCUT2D eigenvalue weighted by atomic mass is 16.2. The van der Waals surface area contributed by atoms with Crippen LogP contribution in [0.3, 0.4) is 0 Å². The summed E-state index contributed by atoms with van der Waals surface area (Å²) in [4.78, 5) is 28.2. The predicted molar refractivity (Wildman–Crippen MR) is 67.0 cm³/mol. The number of hydrogen-bond donors (Lipinski definition) is 0. The van der Waals surface area contributed by atoms with Gasteiger partial charge in [-0.2, -0.15) is 0 Å². The first-order valence-corrected chi connectivity index (χ1v) is 5.09. The summed E-state index contributed by atoms with van der Waals surface area (Å²) in [6.07, 6.45) is 10.4. The first kappa shape index (κ1) is 11.7. The van der Waals surface area contributed by atoms with Crippen LogP contribution in [0.5, 0.6) is 0 Å². The fraction of sp³-hybridized carbons (Fsp3) is 0.250. The van der Waals surface area contributed by atoms with Gasteiger partial charge in [0.2, 0.25) is 0 Å². The third-order valence-electron chi connectivity index (χ3n) is 2.74. The fourth-order valence-corrected chi connectivity index (χ4v) is 1.80. The van der Waals surface area contributed by atoms with Gasteiger partial charge in [0, 0.05) is 14.1 Å². The molecular weight excluding hydrogens is 232 g/mol. The molecule has 0 radical (unpaired) electrons. The topological polar surface area (TPSA) is 61.8 Å². The lowest BCUT2D eigenvalue weighted by atomic mass is 10.5. The number of imidazole rings is 1. The van der Waals surface area contributed by atoms with E-state index in [1.807, 2.05) is 0 Å². The molecule has 0 amide bonds. The van der Waals surface area contributed by atoms with E-state index in [9.17, 15) is 9.59 Å². The van der Waals surface area contributed by atoms with Crippen LogP contribution < -0.4 is 11.2 Å². The number of nitrogens with zero attached hydrogens (tertiary/aromatic N) is 4. The Labute approximate surface area is 102 Å². The lowest BCUT2D eigenvalue weighted by Crippen LogP contribution is -2.39. The van der Waals surface area contributed by atoms with Crippen LogP contribution in [-0.2, 0) is 20.6 Å². The Hall–Kier alpha value is -2.73. The number of terminal acetylenes is 2. The molecule has 0 bridgehead atoms. The zero-order valence-corrected chi connectivity index (χ0v) is 9.97. The summed E-state index contributed by atoms with van der Waals surface area (Å²) < 4.78 is 3.71. The Kier molecular flexibility index (Phi) is 2.57. The summed E-state index contributed by atoms with van der Waals surface area (Å²) in [7, 11) is 3.14.